The molecule has 0 radical (unpaired) electrons. The number of anilines is 1. The number of aromatic nitrogens is 2. The molecule has 2 heterocycles. The molecule has 134 valence electrons. The molecule has 0 fully saturated rings. The predicted octanol–water partition coefficient (Wildman–Crippen LogP) is 4.66. The van der Waals surface area contributed by atoms with Crippen LogP contribution in [0.1, 0.15) is 15.4 Å². The summed E-state index contributed by atoms with van der Waals surface area (Å²) in [6.45, 7) is 1.70. The summed E-state index contributed by atoms with van der Waals surface area (Å²) < 4.78 is 40.5. The number of aryl methyl sites for hydroxylation is 1. The fraction of sp³-hybridized carbons (Fsp3) is 0.118. The highest BCUT2D eigenvalue weighted by Crippen LogP contribution is 2.31. The van der Waals surface area contributed by atoms with E-state index in [1.807, 2.05) is 0 Å². The lowest BCUT2D eigenvalue weighted by Crippen LogP contribution is -2.16. The lowest BCUT2D eigenvalue weighted by Gasteiger charge is -2.08. The number of ether oxygens (including phenoxy) is 1. The summed E-state index contributed by atoms with van der Waals surface area (Å²) in [4.78, 5) is 21.0. The van der Waals surface area contributed by atoms with Gasteiger partial charge in [-0.05, 0) is 43.3 Å². The van der Waals surface area contributed by atoms with Crippen LogP contribution >= 0.6 is 11.3 Å². The zero-order valence-electron chi connectivity index (χ0n) is 13.4. The number of amides is 1. The summed E-state index contributed by atoms with van der Waals surface area (Å²) in [6, 6.07) is 8.66. The Morgan fingerprint density at radius 2 is 1.77 bits per heavy atom. The maximum atomic E-state index is 12.4. The van der Waals surface area contributed by atoms with E-state index in [0.29, 0.717) is 26.8 Å². The van der Waals surface area contributed by atoms with E-state index >= 15 is 0 Å². The Morgan fingerprint density at radius 3 is 2.38 bits per heavy atom. The molecule has 0 saturated carbocycles. The second kappa shape index (κ2) is 7.12. The van der Waals surface area contributed by atoms with Crippen molar-refractivity contribution in [2.75, 3.05) is 5.32 Å². The van der Waals surface area contributed by atoms with E-state index in [0.717, 1.165) is 11.3 Å². The Bertz CT molecular complexity index is 909. The van der Waals surface area contributed by atoms with Crippen LogP contribution in [0.4, 0.5) is 18.9 Å². The average molecular weight is 379 g/mol. The van der Waals surface area contributed by atoms with Gasteiger partial charge in [-0.15, -0.1) is 24.5 Å². The number of halogens is 3. The van der Waals surface area contributed by atoms with E-state index in [-0.39, 0.29) is 11.7 Å². The van der Waals surface area contributed by atoms with Crippen molar-refractivity contribution < 1.29 is 22.7 Å². The molecule has 26 heavy (non-hydrogen) atoms. The van der Waals surface area contributed by atoms with Crippen molar-refractivity contribution in [3.8, 4) is 16.3 Å². The SMILES string of the molecule is Cc1nc(-c2ccc(OC(F)(F)F)cc2)sc1C(=O)Nc1ccncc1. The van der Waals surface area contributed by atoms with Crippen LogP contribution in [0, 0.1) is 6.92 Å². The van der Waals surface area contributed by atoms with Gasteiger partial charge < -0.3 is 10.1 Å². The zero-order chi connectivity index (χ0) is 18.7. The van der Waals surface area contributed by atoms with Crippen LogP contribution in [0.5, 0.6) is 5.75 Å². The first kappa shape index (κ1) is 17.9. The number of alkyl halides is 3. The molecule has 0 aliphatic rings. The van der Waals surface area contributed by atoms with Crippen molar-refractivity contribution in [1.82, 2.24) is 9.97 Å². The average Bonchev–Trinajstić information content (AvgIpc) is 2.97. The molecule has 0 saturated heterocycles. The van der Waals surface area contributed by atoms with Crippen molar-refractivity contribution >= 4 is 22.9 Å². The van der Waals surface area contributed by atoms with Gasteiger partial charge in [0.05, 0.1) is 5.69 Å². The third kappa shape index (κ3) is 4.37. The summed E-state index contributed by atoms with van der Waals surface area (Å²) >= 11 is 1.16. The molecule has 0 spiro atoms. The second-order valence-corrected chi connectivity index (χ2v) is 6.19. The fourth-order valence-electron chi connectivity index (χ4n) is 2.15. The molecule has 1 N–H and O–H groups in total. The largest absolute Gasteiger partial charge is 0.573 e. The summed E-state index contributed by atoms with van der Waals surface area (Å²) in [7, 11) is 0. The van der Waals surface area contributed by atoms with Gasteiger partial charge in [0.2, 0.25) is 0 Å². The van der Waals surface area contributed by atoms with Gasteiger partial charge in [-0.2, -0.15) is 0 Å². The van der Waals surface area contributed by atoms with Gasteiger partial charge >= 0.3 is 6.36 Å². The number of nitrogens with zero attached hydrogens (tertiary/aromatic N) is 2. The maximum Gasteiger partial charge on any atom is 0.573 e. The lowest BCUT2D eigenvalue weighted by atomic mass is 10.2. The van der Waals surface area contributed by atoms with E-state index < -0.39 is 6.36 Å². The molecule has 0 aliphatic carbocycles. The molecule has 9 heteroatoms. The van der Waals surface area contributed by atoms with Crippen LogP contribution < -0.4 is 10.1 Å². The first-order valence-corrected chi connectivity index (χ1v) is 8.18. The number of pyridine rings is 1. The maximum absolute atomic E-state index is 12.4. The van der Waals surface area contributed by atoms with Crippen molar-refractivity contribution in [3.05, 3.63) is 59.4 Å². The van der Waals surface area contributed by atoms with E-state index in [1.165, 1.54) is 24.3 Å². The van der Waals surface area contributed by atoms with Crippen molar-refractivity contribution in [2.45, 2.75) is 13.3 Å². The highest BCUT2D eigenvalue weighted by Gasteiger charge is 2.31. The van der Waals surface area contributed by atoms with Crippen LogP contribution in [0.15, 0.2) is 48.8 Å². The lowest BCUT2D eigenvalue weighted by molar-refractivity contribution is -0.274. The van der Waals surface area contributed by atoms with Gasteiger partial charge in [0.25, 0.3) is 5.91 Å². The Morgan fingerprint density at radius 1 is 1.12 bits per heavy atom. The number of hydrogen-bond acceptors (Lipinski definition) is 5. The first-order valence-electron chi connectivity index (χ1n) is 7.37. The normalized spacial score (nSPS) is 11.2. The Kier molecular flexibility index (Phi) is 4.90. The van der Waals surface area contributed by atoms with Gasteiger partial charge in [-0.25, -0.2) is 4.98 Å². The standard InChI is InChI=1S/C17H12F3N3O2S/c1-10-14(15(24)23-12-6-8-21-9-7-12)26-16(22-10)11-2-4-13(5-3-11)25-17(18,19)20/h2-9H,1H3,(H,21,23,24). The van der Waals surface area contributed by atoms with Crippen LogP contribution in [0.25, 0.3) is 10.6 Å². The van der Waals surface area contributed by atoms with Crippen molar-refractivity contribution in [3.63, 3.8) is 0 Å². The van der Waals surface area contributed by atoms with Crippen LogP contribution in [0.2, 0.25) is 0 Å². The molecule has 0 atom stereocenters. The molecule has 0 aliphatic heterocycles. The number of nitrogens with one attached hydrogen (secondary N) is 1. The number of carbonyl (C=O) groups excluding carboxylic acids is 1. The van der Waals surface area contributed by atoms with Gasteiger partial charge in [0, 0.05) is 23.6 Å². The van der Waals surface area contributed by atoms with E-state index in [2.05, 4.69) is 20.0 Å². The number of carbonyl (C=O) groups is 1. The first-order chi connectivity index (χ1) is 12.3. The molecule has 0 unspecified atom stereocenters. The minimum atomic E-state index is -4.74. The van der Waals surface area contributed by atoms with Crippen LogP contribution in [-0.4, -0.2) is 22.2 Å². The van der Waals surface area contributed by atoms with Gasteiger partial charge in [0.15, 0.2) is 0 Å². The summed E-state index contributed by atoms with van der Waals surface area (Å²) in [5.41, 5.74) is 1.73. The molecular formula is C17H12F3N3O2S. The monoisotopic (exact) mass is 379 g/mol. The number of hydrogen-bond donors (Lipinski definition) is 1. The molecule has 1 amide bonds. The number of thiazole rings is 1. The molecular weight excluding hydrogens is 367 g/mol. The van der Waals surface area contributed by atoms with Crippen LogP contribution in [0.3, 0.4) is 0 Å². The quantitative estimate of drug-likeness (QED) is 0.716. The second-order valence-electron chi connectivity index (χ2n) is 5.20. The topological polar surface area (TPSA) is 64.1 Å². The molecule has 0 bridgehead atoms. The molecule has 2 aromatic heterocycles. The number of benzene rings is 1. The van der Waals surface area contributed by atoms with Gasteiger partial charge in [0.1, 0.15) is 15.6 Å². The van der Waals surface area contributed by atoms with E-state index in [4.69, 9.17) is 0 Å². The number of rotatable bonds is 4. The minimum Gasteiger partial charge on any atom is -0.406 e. The third-order valence-electron chi connectivity index (χ3n) is 3.28. The zero-order valence-corrected chi connectivity index (χ0v) is 14.2. The Hall–Kier alpha value is -2.94. The third-order valence-corrected chi connectivity index (χ3v) is 4.48. The van der Waals surface area contributed by atoms with Crippen molar-refractivity contribution in [2.24, 2.45) is 0 Å². The minimum absolute atomic E-state index is 0.311. The highest BCUT2D eigenvalue weighted by molar-refractivity contribution is 7.17. The summed E-state index contributed by atoms with van der Waals surface area (Å²) in [5, 5.41) is 3.27. The Balaban J connectivity index is 1.78. The van der Waals surface area contributed by atoms with Crippen LogP contribution in [-0.2, 0) is 0 Å². The molecule has 3 rings (SSSR count). The highest BCUT2D eigenvalue weighted by atomic mass is 32.1. The van der Waals surface area contributed by atoms with Gasteiger partial charge in [-0.1, -0.05) is 0 Å². The predicted molar refractivity (Wildman–Crippen MR) is 91.2 cm³/mol. The fourth-order valence-corrected chi connectivity index (χ4v) is 3.12. The van der Waals surface area contributed by atoms with E-state index in [1.54, 1.807) is 31.5 Å². The summed E-state index contributed by atoms with van der Waals surface area (Å²) in [6.07, 6.45) is -1.62. The molecule has 5 nitrogen and oxygen atoms in total. The van der Waals surface area contributed by atoms with Gasteiger partial charge in [-0.3, -0.25) is 9.78 Å². The van der Waals surface area contributed by atoms with E-state index in [9.17, 15) is 18.0 Å². The smallest absolute Gasteiger partial charge is 0.406 e. The summed E-state index contributed by atoms with van der Waals surface area (Å²) in [5.74, 6) is -0.625. The Labute approximate surface area is 150 Å². The van der Waals surface area contributed by atoms with Crippen molar-refractivity contribution in [1.29, 1.82) is 0 Å². The molecule has 3 aromatic rings. The molecule has 1 aromatic carbocycles.